The number of thiophene rings is 1. The highest BCUT2D eigenvalue weighted by molar-refractivity contribution is 7.09. The SMILES string of the molecule is O=C(COc1ccc2nc3n(c(=O)c2c1)CCC3)NCCc1cccs1. The lowest BCUT2D eigenvalue weighted by molar-refractivity contribution is -0.123. The monoisotopic (exact) mass is 369 g/mol. The number of hydrogen-bond donors (Lipinski definition) is 1. The number of fused-ring (bicyclic) bond motifs is 2. The highest BCUT2D eigenvalue weighted by Crippen LogP contribution is 2.19. The van der Waals surface area contributed by atoms with Crippen molar-refractivity contribution < 1.29 is 9.53 Å². The molecule has 1 aliphatic heterocycles. The minimum Gasteiger partial charge on any atom is -0.484 e. The molecular formula is C19H19N3O3S. The maximum Gasteiger partial charge on any atom is 0.261 e. The minimum atomic E-state index is -0.176. The number of ether oxygens (including phenoxy) is 1. The second kappa shape index (κ2) is 7.29. The molecule has 0 fully saturated rings. The van der Waals surface area contributed by atoms with E-state index in [2.05, 4.69) is 10.3 Å². The zero-order valence-corrected chi connectivity index (χ0v) is 15.1. The predicted octanol–water partition coefficient (Wildman–Crippen LogP) is 2.14. The average molecular weight is 369 g/mol. The molecule has 7 heteroatoms. The second-order valence-electron chi connectivity index (χ2n) is 6.24. The topological polar surface area (TPSA) is 73.2 Å². The molecule has 4 rings (SSSR count). The van der Waals surface area contributed by atoms with Crippen LogP contribution in [0.1, 0.15) is 17.1 Å². The van der Waals surface area contributed by atoms with Crippen molar-refractivity contribution in [2.24, 2.45) is 0 Å². The number of aryl methyl sites for hydroxylation is 1. The summed E-state index contributed by atoms with van der Waals surface area (Å²) in [5.74, 6) is 1.18. The minimum absolute atomic E-state index is 0.0339. The van der Waals surface area contributed by atoms with E-state index in [1.807, 2.05) is 17.5 Å². The van der Waals surface area contributed by atoms with Crippen LogP contribution in [-0.2, 0) is 24.2 Å². The third kappa shape index (κ3) is 3.48. The molecule has 1 amide bonds. The Morgan fingerprint density at radius 2 is 2.27 bits per heavy atom. The molecule has 134 valence electrons. The average Bonchev–Trinajstić information content (AvgIpc) is 3.32. The predicted molar refractivity (Wildman–Crippen MR) is 101 cm³/mol. The second-order valence-corrected chi connectivity index (χ2v) is 7.27. The van der Waals surface area contributed by atoms with Crippen molar-refractivity contribution in [3.63, 3.8) is 0 Å². The van der Waals surface area contributed by atoms with Crippen molar-refractivity contribution in [1.82, 2.24) is 14.9 Å². The molecular weight excluding hydrogens is 350 g/mol. The number of nitrogens with zero attached hydrogens (tertiary/aromatic N) is 2. The number of carbonyl (C=O) groups excluding carboxylic acids is 1. The zero-order valence-electron chi connectivity index (χ0n) is 14.2. The van der Waals surface area contributed by atoms with Gasteiger partial charge in [-0.3, -0.25) is 14.2 Å². The largest absolute Gasteiger partial charge is 0.484 e. The van der Waals surface area contributed by atoms with Crippen LogP contribution in [0.4, 0.5) is 0 Å². The Balaban J connectivity index is 1.38. The van der Waals surface area contributed by atoms with Gasteiger partial charge in [-0.2, -0.15) is 0 Å². The fourth-order valence-corrected chi connectivity index (χ4v) is 3.84. The first-order valence-electron chi connectivity index (χ1n) is 8.66. The number of amides is 1. The van der Waals surface area contributed by atoms with Crippen LogP contribution in [-0.4, -0.2) is 28.6 Å². The van der Waals surface area contributed by atoms with Gasteiger partial charge >= 0.3 is 0 Å². The van der Waals surface area contributed by atoms with Gasteiger partial charge in [-0.05, 0) is 42.5 Å². The van der Waals surface area contributed by atoms with Crippen LogP contribution in [0.25, 0.3) is 10.9 Å². The molecule has 1 N–H and O–H groups in total. The fourth-order valence-electron chi connectivity index (χ4n) is 3.13. The highest BCUT2D eigenvalue weighted by Gasteiger charge is 2.16. The van der Waals surface area contributed by atoms with Gasteiger partial charge in [0.05, 0.1) is 10.9 Å². The smallest absolute Gasteiger partial charge is 0.261 e. The van der Waals surface area contributed by atoms with E-state index in [1.54, 1.807) is 34.1 Å². The standard InChI is InChI=1S/C19H19N3O3S/c23-18(20-8-7-14-3-2-10-26-14)12-25-13-5-6-16-15(11-13)19(24)22-9-1-4-17(22)21-16/h2-3,5-6,10-11H,1,4,7-9,12H2,(H,20,23). The molecule has 6 nitrogen and oxygen atoms in total. The Bertz CT molecular complexity index is 995. The van der Waals surface area contributed by atoms with E-state index >= 15 is 0 Å². The van der Waals surface area contributed by atoms with Gasteiger partial charge in [-0.1, -0.05) is 6.07 Å². The quantitative estimate of drug-likeness (QED) is 0.723. The molecule has 2 aromatic heterocycles. The van der Waals surface area contributed by atoms with Crippen molar-refractivity contribution in [3.05, 3.63) is 56.8 Å². The number of aromatic nitrogens is 2. The molecule has 0 spiro atoms. The van der Waals surface area contributed by atoms with Crippen molar-refractivity contribution >= 4 is 28.1 Å². The lowest BCUT2D eigenvalue weighted by atomic mass is 10.2. The van der Waals surface area contributed by atoms with E-state index in [9.17, 15) is 9.59 Å². The lowest BCUT2D eigenvalue weighted by Gasteiger charge is -2.09. The summed E-state index contributed by atoms with van der Waals surface area (Å²) in [6, 6.07) is 9.25. The third-order valence-corrected chi connectivity index (χ3v) is 5.37. The molecule has 0 radical (unpaired) electrons. The normalized spacial score (nSPS) is 12.9. The molecule has 0 saturated carbocycles. The molecule has 0 atom stereocenters. The summed E-state index contributed by atoms with van der Waals surface area (Å²) < 4.78 is 7.28. The van der Waals surface area contributed by atoms with Crippen LogP contribution in [0.2, 0.25) is 0 Å². The van der Waals surface area contributed by atoms with Crippen LogP contribution in [0.5, 0.6) is 5.75 Å². The van der Waals surface area contributed by atoms with Gasteiger partial charge in [0, 0.05) is 24.4 Å². The molecule has 0 aliphatic carbocycles. The Hall–Kier alpha value is -2.67. The van der Waals surface area contributed by atoms with E-state index in [4.69, 9.17) is 4.74 Å². The highest BCUT2D eigenvalue weighted by atomic mass is 32.1. The molecule has 1 aromatic carbocycles. The molecule has 0 bridgehead atoms. The fraction of sp³-hybridized carbons (Fsp3) is 0.316. The Morgan fingerprint density at radius 3 is 3.12 bits per heavy atom. The summed E-state index contributed by atoms with van der Waals surface area (Å²) in [7, 11) is 0. The van der Waals surface area contributed by atoms with Gasteiger partial charge < -0.3 is 10.1 Å². The van der Waals surface area contributed by atoms with Crippen LogP contribution in [0, 0.1) is 0 Å². The number of carbonyl (C=O) groups is 1. The van der Waals surface area contributed by atoms with E-state index < -0.39 is 0 Å². The summed E-state index contributed by atoms with van der Waals surface area (Å²) in [4.78, 5) is 30.3. The van der Waals surface area contributed by atoms with Gasteiger partial charge in [0.25, 0.3) is 11.5 Å². The molecule has 3 aromatic rings. The Labute approximate surface area is 154 Å². The molecule has 0 saturated heterocycles. The summed E-state index contributed by atoms with van der Waals surface area (Å²) in [5.41, 5.74) is 0.643. The summed E-state index contributed by atoms with van der Waals surface area (Å²) in [6.45, 7) is 1.22. The van der Waals surface area contributed by atoms with Gasteiger partial charge in [-0.15, -0.1) is 11.3 Å². The molecule has 26 heavy (non-hydrogen) atoms. The summed E-state index contributed by atoms with van der Waals surface area (Å²) >= 11 is 1.68. The van der Waals surface area contributed by atoms with Crippen molar-refractivity contribution in [3.8, 4) is 5.75 Å². The van der Waals surface area contributed by atoms with Gasteiger partial charge in [-0.25, -0.2) is 4.98 Å². The first-order valence-corrected chi connectivity index (χ1v) is 9.54. The van der Waals surface area contributed by atoms with Crippen molar-refractivity contribution in [2.75, 3.05) is 13.2 Å². The van der Waals surface area contributed by atoms with Gasteiger partial charge in [0.15, 0.2) is 6.61 Å². The first-order chi connectivity index (χ1) is 12.7. The summed E-state index contributed by atoms with van der Waals surface area (Å²) in [5, 5.41) is 5.39. The van der Waals surface area contributed by atoms with Crippen LogP contribution in [0.3, 0.4) is 0 Å². The Morgan fingerprint density at radius 1 is 1.35 bits per heavy atom. The van der Waals surface area contributed by atoms with Gasteiger partial charge in [0.2, 0.25) is 0 Å². The van der Waals surface area contributed by atoms with Crippen molar-refractivity contribution in [2.45, 2.75) is 25.8 Å². The van der Waals surface area contributed by atoms with E-state index in [0.717, 1.165) is 31.6 Å². The zero-order chi connectivity index (χ0) is 17.9. The number of hydrogen-bond acceptors (Lipinski definition) is 5. The number of benzene rings is 1. The number of rotatable bonds is 6. The first kappa shape index (κ1) is 16.8. The van der Waals surface area contributed by atoms with Crippen LogP contribution < -0.4 is 15.6 Å². The van der Waals surface area contributed by atoms with Crippen LogP contribution >= 0.6 is 11.3 Å². The van der Waals surface area contributed by atoms with Gasteiger partial charge in [0.1, 0.15) is 11.6 Å². The number of nitrogens with one attached hydrogen (secondary N) is 1. The maximum atomic E-state index is 12.6. The third-order valence-electron chi connectivity index (χ3n) is 4.43. The van der Waals surface area contributed by atoms with E-state index in [1.165, 1.54) is 4.88 Å². The van der Waals surface area contributed by atoms with E-state index in [0.29, 0.717) is 23.2 Å². The van der Waals surface area contributed by atoms with Crippen molar-refractivity contribution in [1.29, 1.82) is 0 Å². The molecule has 0 unspecified atom stereocenters. The van der Waals surface area contributed by atoms with Crippen LogP contribution in [0.15, 0.2) is 40.5 Å². The molecule has 1 aliphatic rings. The maximum absolute atomic E-state index is 12.6. The van der Waals surface area contributed by atoms with E-state index in [-0.39, 0.29) is 18.1 Å². The molecule has 3 heterocycles. The lowest BCUT2D eigenvalue weighted by Crippen LogP contribution is -2.30. The summed E-state index contributed by atoms with van der Waals surface area (Å²) in [6.07, 6.45) is 2.61. The Kier molecular flexibility index (Phi) is 4.71.